The quantitative estimate of drug-likeness (QED) is 0.784. The summed E-state index contributed by atoms with van der Waals surface area (Å²) >= 11 is 9.13. The summed E-state index contributed by atoms with van der Waals surface area (Å²) in [4.78, 5) is 13.3. The number of carbonyl (C=O) groups is 1. The molecule has 0 saturated carbocycles. The highest BCUT2D eigenvalue weighted by atomic mass is 35.5. The van der Waals surface area contributed by atoms with Crippen molar-refractivity contribution in [3.8, 4) is 0 Å². The van der Waals surface area contributed by atoms with Crippen LogP contribution in [0.15, 0.2) is 47.4 Å². The lowest BCUT2D eigenvalue weighted by Crippen LogP contribution is -2.32. The second-order valence-corrected chi connectivity index (χ2v) is 8.12. The van der Waals surface area contributed by atoms with Gasteiger partial charge in [-0.25, -0.2) is 4.39 Å². The predicted octanol–water partition coefficient (Wildman–Crippen LogP) is 5.07. The van der Waals surface area contributed by atoms with Gasteiger partial charge in [-0.05, 0) is 47.9 Å². The fourth-order valence-corrected chi connectivity index (χ4v) is 4.62. The van der Waals surface area contributed by atoms with Crippen molar-refractivity contribution in [1.82, 2.24) is 5.32 Å². The third kappa shape index (κ3) is 4.68. The van der Waals surface area contributed by atoms with Crippen LogP contribution in [0.1, 0.15) is 23.6 Å². The lowest BCUT2D eigenvalue weighted by Gasteiger charge is -2.26. The van der Waals surface area contributed by atoms with Crippen LogP contribution >= 0.6 is 35.1 Å². The highest BCUT2D eigenvalue weighted by molar-refractivity contribution is 7.99. The zero-order valence-corrected chi connectivity index (χ0v) is 15.3. The molecule has 0 fully saturated rings. The number of thioether (sulfide) groups is 2. The minimum Gasteiger partial charge on any atom is -0.349 e. The molecule has 2 nitrogen and oxygen atoms in total. The summed E-state index contributed by atoms with van der Waals surface area (Å²) in [6.45, 7) is 0. The molecule has 6 heteroatoms. The molecule has 1 atom stereocenters. The maximum atomic E-state index is 13.5. The van der Waals surface area contributed by atoms with Gasteiger partial charge in [-0.3, -0.25) is 4.79 Å². The van der Waals surface area contributed by atoms with Crippen LogP contribution in [0.2, 0.25) is 5.02 Å². The molecule has 1 amide bonds. The molecule has 0 spiro atoms. The Morgan fingerprint density at radius 3 is 2.88 bits per heavy atom. The molecule has 1 heterocycles. The molecule has 2 aromatic rings. The van der Waals surface area contributed by atoms with E-state index in [1.54, 1.807) is 29.6 Å². The summed E-state index contributed by atoms with van der Waals surface area (Å²) in [5.41, 5.74) is 2.03. The molecule has 0 radical (unpaired) electrons. The number of nitrogens with one attached hydrogen (secondary N) is 1. The van der Waals surface area contributed by atoms with Crippen LogP contribution in [0.4, 0.5) is 4.39 Å². The Bertz CT molecular complexity index is 723. The van der Waals surface area contributed by atoms with E-state index in [-0.39, 0.29) is 17.8 Å². The van der Waals surface area contributed by atoms with E-state index in [0.717, 1.165) is 33.9 Å². The maximum absolute atomic E-state index is 13.5. The largest absolute Gasteiger partial charge is 0.349 e. The van der Waals surface area contributed by atoms with Gasteiger partial charge in [-0.1, -0.05) is 23.7 Å². The molecule has 0 aromatic heterocycles. The monoisotopic (exact) mass is 381 g/mol. The van der Waals surface area contributed by atoms with Gasteiger partial charge in [0.1, 0.15) is 5.82 Å². The van der Waals surface area contributed by atoms with E-state index in [9.17, 15) is 9.18 Å². The number of hydrogen-bond acceptors (Lipinski definition) is 3. The number of hydrogen-bond donors (Lipinski definition) is 1. The van der Waals surface area contributed by atoms with Crippen molar-refractivity contribution in [2.24, 2.45) is 0 Å². The van der Waals surface area contributed by atoms with Crippen molar-refractivity contribution in [2.75, 3.05) is 11.5 Å². The topological polar surface area (TPSA) is 29.1 Å². The van der Waals surface area contributed by atoms with Gasteiger partial charge in [0.2, 0.25) is 5.91 Å². The molecule has 24 heavy (non-hydrogen) atoms. The Balaban J connectivity index is 1.52. The number of halogens is 2. The summed E-state index contributed by atoms with van der Waals surface area (Å²) in [7, 11) is 0. The van der Waals surface area contributed by atoms with Crippen molar-refractivity contribution >= 4 is 41.0 Å². The van der Waals surface area contributed by atoms with E-state index >= 15 is 0 Å². The Kier molecular flexibility index (Phi) is 6.09. The average Bonchev–Trinajstić information content (AvgIpc) is 2.57. The normalized spacial score (nSPS) is 16.5. The minimum atomic E-state index is -0.257. The molecule has 1 N–H and O–H groups in total. The highest BCUT2D eigenvalue weighted by Crippen LogP contribution is 2.36. The first-order valence-corrected chi connectivity index (χ1v) is 10.2. The Morgan fingerprint density at radius 1 is 1.29 bits per heavy atom. The molecular formula is C18H17ClFNOS2. The first-order chi connectivity index (χ1) is 11.6. The van der Waals surface area contributed by atoms with Gasteiger partial charge in [0.05, 0.1) is 11.8 Å². The Labute approximate surface area is 154 Å². The van der Waals surface area contributed by atoms with E-state index in [4.69, 9.17) is 11.6 Å². The van der Waals surface area contributed by atoms with Crippen LogP contribution in [0, 0.1) is 5.82 Å². The van der Waals surface area contributed by atoms with Crippen molar-refractivity contribution in [1.29, 1.82) is 0 Å². The standard InChI is InChI=1S/C18H17ClFNOS2/c19-13-3-1-12(2-4-13)10-23-11-18(22)21-16-7-8-24-17-6-5-14(20)9-15(16)17/h1-6,9,16H,7-8,10-11H2,(H,21,22). The van der Waals surface area contributed by atoms with E-state index in [1.165, 1.54) is 12.1 Å². The molecule has 2 aromatic carbocycles. The van der Waals surface area contributed by atoms with E-state index < -0.39 is 0 Å². The fraction of sp³-hybridized carbons (Fsp3) is 0.278. The summed E-state index contributed by atoms with van der Waals surface area (Å²) in [5.74, 6) is 1.81. The number of benzene rings is 2. The van der Waals surface area contributed by atoms with Gasteiger partial charge in [0, 0.05) is 21.4 Å². The summed E-state index contributed by atoms with van der Waals surface area (Å²) in [5, 5.41) is 3.75. The summed E-state index contributed by atoms with van der Waals surface area (Å²) in [6, 6.07) is 12.3. The van der Waals surface area contributed by atoms with Crippen molar-refractivity contribution in [3.63, 3.8) is 0 Å². The molecule has 0 aliphatic carbocycles. The second kappa shape index (κ2) is 8.28. The molecule has 0 bridgehead atoms. The lowest BCUT2D eigenvalue weighted by molar-refractivity contribution is -0.119. The van der Waals surface area contributed by atoms with Crippen molar-refractivity contribution in [2.45, 2.75) is 23.1 Å². The fourth-order valence-electron chi connectivity index (χ4n) is 2.59. The first-order valence-electron chi connectivity index (χ1n) is 7.65. The third-order valence-electron chi connectivity index (χ3n) is 3.76. The number of rotatable bonds is 5. The average molecular weight is 382 g/mol. The van der Waals surface area contributed by atoms with Gasteiger partial charge >= 0.3 is 0 Å². The van der Waals surface area contributed by atoms with Crippen LogP contribution < -0.4 is 5.32 Å². The molecule has 3 rings (SSSR count). The molecule has 1 aliphatic rings. The molecule has 1 aliphatic heterocycles. The Hall–Kier alpha value is -1.17. The summed E-state index contributed by atoms with van der Waals surface area (Å²) in [6.07, 6.45) is 0.828. The molecular weight excluding hydrogens is 365 g/mol. The zero-order chi connectivity index (χ0) is 16.9. The van der Waals surface area contributed by atoms with Crippen LogP contribution in [0.5, 0.6) is 0 Å². The van der Waals surface area contributed by atoms with E-state index in [0.29, 0.717) is 10.8 Å². The van der Waals surface area contributed by atoms with Crippen LogP contribution in [-0.2, 0) is 10.5 Å². The highest BCUT2D eigenvalue weighted by Gasteiger charge is 2.22. The summed E-state index contributed by atoms with van der Waals surface area (Å²) < 4.78 is 13.5. The smallest absolute Gasteiger partial charge is 0.230 e. The van der Waals surface area contributed by atoms with Gasteiger partial charge in [-0.2, -0.15) is 0 Å². The first kappa shape index (κ1) is 17.6. The number of carbonyl (C=O) groups excluding carboxylic acids is 1. The van der Waals surface area contributed by atoms with Crippen molar-refractivity contribution in [3.05, 3.63) is 64.4 Å². The van der Waals surface area contributed by atoms with E-state index in [2.05, 4.69) is 5.32 Å². The Morgan fingerprint density at radius 2 is 2.08 bits per heavy atom. The molecule has 1 unspecified atom stereocenters. The SMILES string of the molecule is O=C(CSCc1ccc(Cl)cc1)NC1CCSc2ccc(F)cc21. The zero-order valence-electron chi connectivity index (χ0n) is 12.9. The number of fused-ring (bicyclic) bond motifs is 1. The molecule has 126 valence electrons. The minimum absolute atomic E-state index is 0.0129. The van der Waals surface area contributed by atoms with Crippen LogP contribution in [-0.4, -0.2) is 17.4 Å². The predicted molar refractivity (Wildman–Crippen MR) is 100 cm³/mol. The van der Waals surface area contributed by atoms with Gasteiger partial charge in [0.15, 0.2) is 0 Å². The van der Waals surface area contributed by atoms with E-state index in [1.807, 2.05) is 24.3 Å². The maximum Gasteiger partial charge on any atom is 0.230 e. The number of amides is 1. The lowest BCUT2D eigenvalue weighted by atomic mass is 10.0. The van der Waals surface area contributed by atoms with Gasteiger partial charge in [0.25, 0.3) is 0 Å². The van der Waals surface area contributed by atoms with Crippen LogP contribution in [0.25, 0.3) is 0 Å². The third-order valence-corrected chi connectivity index (χ3v) is 6.14. The van der Waals surface area contributed by atoms with Crippen molar-refractivity contribution < 1.29 is 9.18 Å². The second-order valence-electron chi connectivity index (χ2n) is 5.56. The van der Waals surface area contributed by atoms with Gasteiger partial charge < -0.3 is 5.32 Å². The molecule has 0 saturated heterocycles. The van der Waals surface area contributed by atoms with Crippen LogP contribution in [0.3, 0.4) is 0 Å². The van der Waals surface area contributed by atoms with Gasteiger partial charge in [-0.15, -0.1) is 23.5 Å².